The Morgan fingerprint density at radius 2 is 2.33 bits per heavy atom. The van der Waals surface area contributed by atoms with Gasteiger partial charge in [0.15, 0.2) is 0 Å². The molecule has 1 atom stereocenters. The maximum absolute atomic E-state index is 12.1. The first-order chi connectivity index (χ1) is 9.98. The third-order valence-corrected chi connectivity index (χ3v) is 4.39. The summed E-state index contributed by atoms with van der Waals surface area (Å²) in [5.74, 6) is 0.304. The van der Waals surface area contributed by atoms with Crippen LogP contribution in [0, 0.1) is 5.41 Å². The Bertz CT molecular complexity index is 488. The molecule has 0 saturated carbocycles. The fourth-order valence-corrected chi connectivity index (χ4v) is 2.99. The van der Waals surface area contributed by atoms with E-state index in [2.05, 4.69) is 37.0 Å². The molecule has 0 aromatic carbocycles. The van der Waals surface area contributed by atoms with E-state index in [0.717, 1.165) is 38.8 Å². The summed E-state index contributed by atoms with van der Waals surface area (Å²) >= 11 is 0. The van der Waals surface area contributed by atoms with Gasteiger partial charge in [-0.1, -0.05) is 18.6 Å². The van der Waals surface area contributed by atoms with Crippen molar-refractivity contribution >= 4 is 5.91 Å². The molecule has 1 aliphatic rings. The number of piperidine rings is 1. The normalized spacial score (nSPS) is 22.4. The third-order valence-electron chi connectivity index (χ3n) is 4.39. The molecule has 1 aromatic rings. The molecular weight excluding hydrogens is 262 g/mol. The van der Waals surface area contributed by atoms with Crippen LogP contribution in [0.1, 0.15) is 52.0 Å². The van der Waals surface area contributed by atoms with E-state index in [1.807, 2.05) is 17.3 Å². The van der Waals surface area contributed by atoms with Crippen LogP contribution in [-0.2, 0) is 11.2 Å². The lowest BCUT2D eigenvalue weighted by Crippen LogP contribution is -2.45. The van der Waals surface area contributed by atoms with Gasteiger partial charge in [-0.2, -0.15) is 5.10 Å². The number of H-pyrrole nitrogens is 1. The van der Waals surface area contributed by atoms with Gasteiger partial charge in [0.25, 0.3) is 0 Å². The number of aromatic amines is 1. The van der Waals surface area contributed by atoms with E-state index < -0.39 is 0 Å². The number of nitrogens with zero attached hydrogens (tertiary/aromatic N) is 2. The van der Waals surface area contributed by atoms with E-state index in [4.69, 9.17) is 0 Å². The number of rotatable bonds is 6. The molecule has 1 aromatic heterocycles. The second-order valence-corrected chi connectivity index (χ2v) is 6.80. The van der Waals surface area contributed by atoms with Crippen molar-refractivity contribution in [2.24, 2.45) is 5.41 Å². The van der Waals surface area contributed by atoms with Crippen LogP contribution in [0.5, 0.6) is 0 Å². The summed E-state index contributed by atoms with van der Waals surface area (Å²) in [6.45, 7) is 8.30. The predicted octanol–water partition coefficient (Wildman–Crippen LogP) is 3.33. The van der Waals surface area contributed by atoms with Gasteiger partial charge in [0.05, 0.1) is 6.20 Å². The molecule has 0 bridgehead atoms. The maximum Gasteiger partial charge on any atom is 0.222 e. The Labute approximate surface area is 127 Å². The summed E-state index contributed by atoms with van der Waals surface area (Å²) < 4.78 is 0. The van der Waals surface area contributed by atoms with Crippen molar-refractivity contribution in [3.8, 4) is 0 Å². The molecule has 1 N–H and O–H groups in total. The zero-order chi connectivity index (χ0) is 15.3. The summed E-state index contributed by atoms with van der Waals surface area (Å²) in [5, 5.41) is 6.78. The van der Waals surface area contributed by atoms with Crippen LogP contribution in [0.3, 0.4) is 0 Å². The zero-order valence-corrected chi connectivity index (χ0v) is 13.5. The summed E-state index contributed by atoms with van der Waals surface area (Å²) in [7, 11) is 0. The van der Waals surface area contributed by atoms with Crippen molar-refractivity contribution in [2.45, 2.75) is 52.9 Å². The highest BCUT2D eigenvalue weighted by atomic mass is 16.2. The minimum absolute atomic E-state index is 0.260. The number of likely N-dealkylation sites (tertiary alicyclic amines) is 1. The SMILES string of the molecule is CC(C)=CCC[C@]1(C)CCC(=O)N(CCc2cn[nH]c2)C1. The molecule has 1 saturated heterocycles. The molecule has 21 heavy (non-hydrogen) atoms. The summed E-state index contributed by atoms with van der Waals surface area (Å²) in [6, 6.07) is 0. The first-order valence-electron chi connectivity index (χ1n) is 7.87. The van der Waals surface area contributed by atoms with Crippen LogP contribution in [0.2, 0.25) is 0 Å². The molecule has 0 aliphatic carbocycles. The van der Waals surface area contributed by atoms with E-state index in [1.54, 1.807) is 0 Å². The highest BCUT2D eigenvalue weighted by Gasteiger charge is 2.33. The summed E-state index contributed by atoms with van der Waals surface area (Å²) in [4.78, 5) is 14.2. The lowest BCUT2D eigenvalue weighted by molar-refractivity contribution is -0.137. The number of allylic oxidation sites excluding steroid dienone is 2. The fraction of sp³-hybridized carbons (Fsp3) is 0.647. The Hall–Kier alpha value is -1.58. The molecule has 4 heteroatoms. The smallest absolute Gasteiger partial charge is 0.222 e. The van der Waals surface area contributed by atoms with Gasteiger partial charge in [0.1, 0.15) is 0 Å². The van der Waals surface area contributed by atoms with E-state index in [-0.39, 0.29) is 5.41 Å². The predicted molar refractivity (Wildman–Crippen MR) is 84.9 cm³/mol. The highest BCUT2D eigenvalue weighted by Crippen LogP contribution is 2.34. The van der Waals surface area contributed by atoms with Gasteiger partial charge in [-0.25, -0.2) is 0 Å². The quantitative estimate of drug-likeness (QED) is 0.817. The Morgan fingerprint density at radius 1 is 1.52 bits per heavy atom. The van der Waals surface area contributed by atoms with Crippen molar-refractivity contribution in [3.05, 3.63) is 29.6 Å². The first-order valence-corrected chi connectivity index (χ1v) is 7.87. The Morgan fingerprint density at radius 3 is 3.00 bits per heavy atom. The van der Waals surface area contributed by atoms with Gasteiger partial charge in [0.2, 0.25) is 5.91 Å². The monoisotopic (exact) mass is 289 g/mol. The van der Waals surface area contributed by atoms with Gasteiger partial charge in [0, 0.05) is 25.7 Å². The number of amides is 1. The first kappa shape index (κ1) is 15.8. The molecule has 4 nitrogen and oxygen atoms in total. The number of carbonyl (C=O) groups excluding carboxylic acids is 1. The molecule has 1 amide bonds. The average Bonchev–Trinajstić information content (AvgIpc) is 2.93. The van der Waals surface area contributed by atoms with Crippen molar-refractivity contribution in [1.29, 1.82) is 0 Å². The molecule has 1 aliphatic heterocycles. The number of nitrogens with one attached hydrogen (secondary N) is 1. The van der Waals surface area contributed by atoms with Crippen LogP contribution in [-0.4, -0.2) is 34.1 Å². The standard InChI is InChI=1S/C17H27N3O/c1-14(2)5-4-8-17(3)9-6-16(21)20(13-17)10-7-15-11-18-19-12-15/h5,11-12H,4,6-10,13H2,1-3H3,(H,18,19)/t17-/m1/s1. The second-order valence-electron chi connectivity index (χ2n) is 6.80. The number of aromatic nitrogens is 2. The minimum atomic E-state index is 0.260. The van der Waals surface area contributed by atoms with Crippen molar-refractivity contribution in [3.63, 3.8) is 0 Å². The molecule has 116 valence electrons. The largest absolute Gasteiger partial charge is 0.342 e. The Kier molecular flexibility index (Phi) is 5.21. The number of hydrogen-bond acceptors (Lipinski definition) is 2. The Balaban J connectivity index is 1.88. The average molecular weight is 289 g/mol. The van der Waals surface area contributed by atoms with Crippen LogP contribution >= 0.6 is 0 Å². The number of carbonyl (C=O) groups is 1. The second kappa shape index (κ2) is 6.92. The van der Waals surface area contributed by atoms with Crippen molar-refractivity contribution in [1.82, 2.24) is 15.1 Å². The molecular formula is C17H27N3O. The topological polar surface area (TPSA) is 49.0 Å². The fourth-order valence-electron chi connectivity index (χ4n) is 2.99. The van der Waals surface area contributed by atoms with E-state index in [0.29, 0.717) is 12.3 Å². The van der Waals surface area contributed by atoms with E-state index in [1.165, 1.54) is 11.1 Å². The molecule has 0 radical (unpaired) electrons. The van der Waals surface area contributed by atoms with Gasteiger partial charge in [-0.05, 0) is 50.5 Å². The van der Waals surface area contributed by atoms with Crippen LogP contribution in [0.4, 0.5) is 0 Å². The minimum Gasteiger partial charge on any atom is -0.342 e. The molecule has 1 fully saturated rings. The van der Waals surface area contributed by atoms with Gasteiger partial charge in [-0.3, -0.25) is 9.89 Å². The van der Waals surface area contributed by atoms with E-state index >= 15 is 0 Å². The maximum atomic E-state index is 12.1. The van der Waals surface area contributed by atoms with Crippen LogP contribution in [0.15, 0.2) is 24.0 Å². The lowest BCUT2D eigenvalue weighted by atomic mass is 9.77. The van der Waals surface area contributed by atoms with Gasteiger partial charge < -0.3 is 4.90 Å². The summed E-state index contributed by atoms with van der Waals surface area (Å²) in [6.07, 6.45) is 10.9. The molecule has 0 spiro atoms. The number of hydrogen-bond donors (Lipinski definition) is 1. The molecule has 2 heterocycles. The van der Waals surface area contributed by atoms with Gasteiger partial charge >= 0.3 is 0 Å². The molecule has 0 unspecified atom stereocenters. The third kappa shape index (κ3) is 4.73. The lowest BCUT2D eigenvalue weighted by Gasteiger charge is -2.40. The summed E-state index contributed by atoms with van der Waals surface area (Å²) in [5.41, 5.74) is 2.80. The van der Waals surface area contributed by atoms with Crippen LogP contribution in [0.25, 0.3) is 0 Å². The highest BCUT2D eigenvalue weighted by molar-refractivity contribution is 5.77. The van der Waals surface area contributed by atoms with Crippen molar-refractivity contribution < 1.29 is 4.79 Å². The van der Waals surface area contributed by atoms with E-state index in [9.17, 15) is 4.79 Å². The van der Waals surface area contributed by atoms with Crippen molar-refractivity contribution in [2.75, 3.05) is 13.1 Å². The van der Waals surface area contributed by atoms with Gasteiger partial charge in [-0.15, -0.1) is 0 Å². The molecule has 2 rings (SSSR count). The zero-order valence-electron chi connectivity index (χ0n) is 13.5. The van der Waals surface area contributed by atoms with Crippen LogP contribution < -0.4 is 0 Å².